The van der Waals surface area contributed by atoms with Gasteiger partial charge >= 0.3 is 6.09 Å². The van der Waals surface area contributed by atoms with Gasteiger partial charge in [0.15, 0.2) is 0 Å². The van der Waals surface area contributed by atoms with Crippen molar-refractivity contribution in [2.75, 3.05) is 6.54 Å². The molecule has 1 amide bonds. The molecule has 3 atom stereocenters. The Hall–Kier alpha value is -1.59. The van der Waals surface area contributed by atoms with Crippen LogP contribution in [0.5, 0.6) is 0 Å². The lowest BCUT2D eigenvalue weighted by atomic mass is 9.65. The molecule has 27 heavy (non-hydrogen) atoms. The molecule has 0 radical (unpaired) electrons. The standard InChI is InChI=1S/C21H24BrClN2O2/c1-21(2,3)19-18(16-7-6-14(22)11-17(16)23)15(8-10-25(19)20(26)27)13-5-4-9-24-12-13/h4-7,9,11-12,15,18-19H,8,10H2,1-3H3,(H,26,27)/t15-,18+,19?/m1/s1. The van der Waals surface area contributed by atoms with Crippen LogP contribution in [0.15, 0.2) is 47.2 Å². The van der Waals surface area contributed by atoms with Crippen LogP contribution in [0.4, 0.5) is 4.79 Å². The molecule has 1 aromatic heterocycles. The van der Waals surface area contributed by atoms with Crippen LogP contribution in [0.2, 0.25) is 5.02 Å². The van der Waals surface area contributed by atoms with E-state index in [1.54, 1.807) is 11.1 Å². The highest BCUT2D eigenvalue weighted by Gasteiger charge is 2.47. The van der Waals surface area contributed by atoms with Gasteiger partial charge in [-0.15, -0.1) is 0 Å². The fourth-order valence-corrected chi connectivity index (χ4v) is 5.16. The van der Waals surface area contributed by atoms with Gasteiger partial charge in [0.2, 0.25) is 0 Å². The molecule has 2 heterocycles. The first-order valence-electron chi connectivity index (χ1n) is 9.04. The number of halogens is 2. The molecule has 1 aliphatic rings. The molecular formula is C21H24BrClN2O2. The molecule has 4 nitrogen and oxygen atoms in total. The number of hydrogen-bond donors (Lipinski definition) is 1. The second-order valence-electron chi connectivity index (χ2n) is 8.16. The van der Waals surface area contributed by atoms with Crippen LogP contribution in [-0.4, -0.2) is 33.7 Å². The second kappa shape index (κ2) is 7.80. The van der Waals surface area contributed by atoms with Gasteiger partial charge in [0.05, 0.1) is 0 Å². The average Bonchev–Trinajstić information content (AvgIpc) is 2.60. The highest BCUT2D eigenvalue weighted by molar-refractivity contribution is 9.10. The number of carboxylic acid groups (broad SMARTS) is 1. The quantitative estimate of drug-likeness (QED) is 0.594. The summed E-state index contributed by atoms with van der Waals surface area (Å²) in [4.78, 5) is 17.9. The Kier molecular flexibility index (Phi) is 5.82. The molecular weight excluding hydrogens is 428 g/mol. The van der Waals surface area contributed by atoms with E-state index in [4.69, 9.17) is 11.6 Å². The number of pyridine rings is 1. The van der Waals surface area contributed by atoms with Crippen LogP contribution >= 0.6 is 27.5 Å². The van der Waals surface area contributed by atoms with Crippen molar-refractivity contribution < 1.29 is 9.90 Å². The number of amides is 1. The third-order valence-electron chi connectivity index (χ3n) is 5.36. The van der Waals surface area contributed by atoms with Crippen LogP contribution in [0.1, 0.15) is 50.2 Å². The molecule has 1 aliphatic heterocycles. The molecule has 1 fully saturated rings. The number of carbonyl (C=O) groups is 1. The average molecular weight is 452 g/mol. The molecule has 0 saturated carbocycles. The molecule has 0 aliphatic carbocycles. The Balaban J connectivity index is 2.19. The SMILES string of the molecule is CC(C)(C)C1[C@H](c2ccc(Br)cc2Cl)[C@@H](c2cccnc2)CCN1C(=O)O. The van der Waals surface area contributed by atoms with Gasteiger partial charge in [0.1, 0.15) is 0 Å². The zero-order chi connectivity index (χ0) is 19.8. The van der Waals surface area contributed by atoms with Crippen molar-refractivity contribution in [3.63, 3.8) is 0 Å². The summed E-state index contributed by atoms with van der Waals surface area (Å²) in [5.74, 6) is 0.0943. The maximum absolute atomic E-state index is 12.0. The predicted molar refractivity (Wildman–Crippen MR) is 111 cm³/mol. The normalized spacial score (nSPS) is 23.3. The molecule has 2 aromatic rings. The molecule has 0 bridgehead atoms. The number of benzene rings is 1. The number of rotatable bonds is 2. The van der Waals surface area contributed by atoms with E-state index >= 15 is 0 Å². The highest BCUT2D eigenvalue weighted by atomic mass is 79.9. The second-order valence-corrected chi connectivity index (χ2v) is 9.48. The first-order chi connectivity index (χ1) is 12.7. The number of likely N-dealkylation sites (tertiary alicyclic amines) is 1. The molecule has 1 unspecified atom stereocenters. The molecule has 144 valence electrons. The van der Waals surface area contributed by atoms with Crippen molar-refractivity contribution in [1.82, 2.24) is 9.88 Å². The van der Waals surface area contributed by atoms with Crippen LogP contribution < -0.4 is 0 Å². The summed E-state index contributed by atoms with van der Waals surface area (Å²) < 4.78 is 0.910. The van der Waals surface area contributed by atoms with Gasteiger partial charge in [-0.2, -0.15) is 0 Å². The van der Waals surface area contributed by atoms with Crippen LogP contribution in [-0.2, 0) is 0 Å². The number of nitrogens with zero attached hydrogens (tertiary/aromatic N) is 2. The molecule has 1 aromatic carbocycles. The Morgan fingerprint density at radius 2 is 2.07 bits per heavy atom. The van der Waals surface area contributed by atoms with Gasteiger partial charge in [-0.05, 0) is 47.1 Å². The summed E-state index contributed by atoms with van der Waals surface area (Å²) >= 11 is 10.1. The maximum atomic E-state index is 12.0. The number of hydrogen-bond acceptors (Lipinski definition) is 2. The van der Waals surface area contributed by atoms with Crippen molar-refractivity contribution in [3.05, 3.63) is 63.3 Å². The summed E-state index contributed by atoms with van der Waals surface area (Å²) in [6.45, 7) is 6.79. The Bertz CT molecular complexity index is 823. The summed E-state index contributed by atoms with van der Waals surface area (Å²) in [6, 6.07) is 9.69. The van der Waals surface area contributed by atoms with Crippen molar-refractivity contribution in [2.45, 2.75) is 45.1 Å². The lowest BCUT2D eigenvalue weighted by Gasteiger charge is -2.50. The molecule has 1 saturated heterocycles. The van der Waals surface area contributed by atoms with Gasteiger partial charge in [0.25, 0.3) is 0 Å². The summed E-state index contributed by atoms with van der Waals surface area (Å²) in [5, 5.41) is 10.5. The van der Waals surface area contributed by atoms with E-state index in [2.05, 4.69) is 47.8 Å². The fraction of sp³-hybridized carbons (Fsp3) is 0.429. The summed E-state index contributed by atoms with van der Waals surface area (Å²) in [6.07, 6.45) is 3.51. The lowest BCUT2D eigenvalue weighted by molar-refractivity contribution is 0.0373. The van der Waals surface area contributed by atoms with E-state index in [9.17, 15) is 9.90 Å². The van der Waals surface area contributed by atoms with E-state index in [1.807, 2.05) is 30.5 Å². The van der Waals surface area contributed by atoms with Gasteiger partial charge in [-0.25, -0.2) is 4.79 Å². The zero-order valence-corrected chi connectivity index (χ0v) is 18.0. The van der Waals surface area contributed by atoms with Crippen LogP contribution in [0.25, 0.3) is 0 Å². The van der Waals surface area contributed by atoms with E-state index in [-0.39, 0.29) is 23.3 Å². The third-order valence-corrected chi connectivity index (χ3v) is 6.18. The maximum Gasteiger partial charge on any atom is 0.407 e. The zero-order valence-electron chi connectivity index (χ0n) is 15.7. The van der Waals surface area contributed by atoms with Gasteiger partial charge in [-0.1, -0.05) is 60.4 Å². The minimum atomic E-state index is -0.877. The number of piperidine rings is 1. The van der Waals surface area contributed by atoms with E-state index in [0.717, 1.165) is 22.0 Å². The van der Waals surface area contributed by atoms with Crippen molar-refractivity contribution in [2.24, 2.45) is 5.41 Å². The summed E-state index contributed by atoms with van der Waals surface area (Å²) in [7, 11) is 0. The predicted octanol–water partition coefficient (Wildman–Crippen LogP) is 6.16. The molecule has 3 rings (SSSR count). The molecule has 0 spiro atoms. The van der Waals surface area contributed by atoms with Crippen LogP contribution in [0.3, 0.4) is 0 Å². The Morgan fingerprint density at radius 1 is 1.33 bits per heavy atom. The smallest absolute Gasteiger partial charge is 0.407 e. The van der Waals surface area contributed by atoms with E-state index in [0.29, 0.717) is 11.6 Å². The van der Waals surface area contributed by atoms with Crippen LogP contribution in [0, 0.1) is 5.41 Å². The van der Waals surface area contributed by atoms with E-state index in [1.165, 1.54) is 0 Å². The van der Waals surface area contributed by atoms with E-state index < -0.39 is 6.09 Å². The van der Waals surface area contributed by atoms with Gasteiger partial charge < -0.3 is 10.0 Å². The van der Waals surface area contributed by atoms with Gasteiger partial charge in [0, 0.05) is 40.4 Å². The third kappa shape index (κ3) is 4.14. The monoisotopic (exact) mass is 450 g/mol. The first-order valence-corrected chi connectivity index (χ1v) is 10.2. The Morgan fingerprint density at radius 3 is 2.63 bits per heavy atom. The minimum Gasteiger partial charge on any atom is -0.465 e. The molecule has 1 N–H and O–H groups in total. The Labute approximate surface area is 173 Å². The topological polar surface area (TPSA) is 53.4 Å². The number of aromatic nitrogens is 1. The van der Waals surface area contributed by atoms with Gasteiger partial charge in [-0.3, -0.25) is 4.98 Å². The highest BCUT2D eigenvalue weighted by Crippen LogP contribution is 2.50. The summed E-state index contributed by atoms with van der Waals surface area (Å²) in [5.41, 5.74) is 1.86. The largest absolute Gasteiger partial charge is 0.465 e. The van der Waals surface area contributed by atoms with Crippen molar-refractivity contribution in [1.29, 1.82) is 0 Å². The van der Waals surface area contributed by atoms with Crippen molar-refractivity contribution >= 4 is 33.6 Å². The first kappa shape index (κ1) is 20.2. The lowest BCUT2D eigenvalue weighted by Crippen LogP contribution is -2.55. The molecule has 6 heteroatoms. The van der Waals surface area contributed by atoms with Crippen molar-refractivity contribution in [3.8, 4) is 0 Å². The fourth-order valence-electron chi connectivity index (χ4n) is 4.36. The minimum absolute atomic E-state index is 0.0559.